The average Bonchev–Trinajstić information content (AvgIpc) is 2.84. The third-order valence-electron chi connectivity index (χ3n) is 4.68. The van der Waals surface area contributed by atoms with Crippen LogP contribution < -0.4 is 16.1 Å². The Morgan fingerprint density at radius 2 is 1.53 bits per heavy atom. The van der Waals surface area contributed by atoms with E-state index in [1.165, 1.54) is 0 Å². The highest BCUT2D eigenvalue weighted by atomic mass is 79.9. The number of carbonyl (C=O) groups excluding carboxylic acids is 3. The van der Waals surface area contributed by atoms with Crippen LogP contribution >= 0.6 is 15.9 Å². The van der Waals surface area contributed by atoms with Crippen LogP contribution in [-0.2, 0) is 19.2 Å². The molecule has 0 bridgehead atoms. The zero-order valence-electron chi connectivity index (χ0n) is 21.1. The van der Waals surface area contributed by atoms with Gasteiger partial charge in [-0.3, -0.25) is 19.2 Å². The van der Waals surface area contributed by atoms with Crippen molar-refractivity contribution in [3.8, 4) is 11.8 Å². The molecule has 3 amide bonds. The molecule has 2 atom stereocenters. The number of hydrogen-bond acceptors (Lipinski definition) is 5. The zero-order chi connectivity index (χ0) is 26.7. The average molecular weight is 558 g/mol. The Kier molecular flexibility index (Phi) is 11.1. The maximum atomic E-state index is 12.9. The first kappa shape index (κ1) is 29.0. The lowest BCUT2D eigenvalue weighted by atomic mass is 10.1. The topological polar surface area (TPSA) is 106 Å². The smallest absolute Gasteiger partial charge is 0.268 e. The van der Waals surface area contributed by atoms with Crippen LogP contribution in [0.15, 0.2) is 48.5 Å². The molecule has 0 aromatic heterocycles. The summed E-state index contributed by atoms with van der Waals surface area (Å²) in [5, 5.41) is 5.72. The molecule has 2 rings (SSSR count). The van der Waals surface area contributed by atoms with Gasteiger partial charge in [0.2, 0.25) is 5.91 Å². The maximum Gasteiger partial charge on any atom is 0.268 e. The van der Waals surface area contributed by atoms with Crippen molar-refractivity contribution in [2.24, 2.45) is 0 Å². The van der Waals surface area contributed by atoms with E-state index in [4.69, 9.17) is 9.57 Å². The molecule has 0 aliphatic heterocycles. The summed E-state index contributed by atoms with van der Waals surface area (Å²) in [6, 6.07) is 13.0. The Bertz CT molecular complexity index is 1100. The number of benzene rings is 2. The number of alkyl halides is 1. The number of ether oxygens (including phenoxy) is 1. The van der Waals surface area contributed by atoms with Crippen LogP contribution in [0, 0.1) is 11.8 Å². The molecule has 0 spiro atoms. The third-order valence-corrected chi connectivity index (χ3v) is 5.19. The minimum absolute atomic E-state index is 0.129. The Morgan fingerprint density at radius 1 is 0.972 bits per heavy atom. The molecule has 3 N–H and O–H groups in total. The number of nitrogens with one attached hydrogen (secondary N) is 3. The van der Waals surface area contributed by atoms with Gasteiger partial charge in [-0.1, -0.05) is 27.8 Å². The largest absolute Gasteiger partial charge is 0.370 e. The second kappa shape index (κ2) is 13.8. The summed E-state index contributed by atoms with van der Waals surface area (Å²) in [7, 11) is 0. The minimum atomic E-state index is -0.954. The van der Waals surface area contributed by atoms with Gasteiger partial charge in [0.15, 0.2) is 0 Å². The van der Waals surface area contributed by atoms with Crippen LogP contribution in [0.2, 0.25) is 0 Å². The molecule has 36 heavy (non-hydrogen) atoms. The van der Waals surface area contributed by atoms with Gasteiger partial charge in [0.05, 0.1) is 23.6 Å². The predicted octanol–water partition coefficient (Wildman–Crippen LogP) is 3.79. The van der Waals surface area contributed by atoms with Gasteiger partial charge in [-0.25, -0.2) is 5.48 Å². The van der Waals surface area contributed by atoms with Gasteiger partial charge in [-0.05, 0) is 83.1 Å². The predicted molar refractivity (Wildman–Crippen MR) is 143 cm³/mol. The zero-order valence-corrected chi connectivity index (χ0v) is 22.7. The van der Waals surface area contributed by atoms with E-state index >= 15 is 0 Å². The highest BCUT2D eigenvalue weighted by molar-refractivity contribution is 9.09. The van der Waals surface area contributed by atoms with Crippen LogP contribution in [0.25, 0.3) is 0 Å². The van der Waals surface area contributed by atoms with Gasteiger partial charge >= 0.3 is 0 Å². The SMILES string of the molecule is CCONC(=O)[C@@H](NC(=O)c1ccc(C#Cc2ccc(NC(=O)CBr)cc2)cc1)[C@@H](C)OC(C)(C)C. The lowest BCUT2D eigenvalue weighted by molar-refractivity contribution is -0.142. The van der Waals surface area contributed by atoms with Crippen molar-refractivity contribution in [2.45, 2.75) is 52.4 Å². The van der Waals surface area contributed by atoms with Crippen molar-refractivity contribution in [3.63, 3.8) is 0 Å². The second-order valence-corrected chi connectivity index (χ2v) is 9.43. The van der Waals surface area contributed by atoms with Crippen molar-refractivity contribution in [1.82, 2.24) is 10.8 Å². The molecule has 0 saturated heterocycles. The number of hydrogen-bond donors (Lipinski definition) is 3. The van der Waals surface area contributed by atoms with E-state index in [-0.39, 0.29) is 11.2 Å². The highest BCUT2D eigenvalue weighted by Gasteiger charge is 2.31. The lowest BCUT2D eigenvalue weighted by Gasteiger charge is -2.30. The molecule has 0 aliphatic rings. The fraction of sp³-hybridized carbons (Fsp3) is 0.370. The third kappa shape index (κ3) is 9.82. The van der Waals surface area contributed by atoms with Gasteiger partial charge in [-0.15, -0.1) is 0 Å². The molecule has 0 aliphatic carbocycles. The standard InChI is InChI=1S/C27H32BrN3O5/c1-6-35-31-26(34)24(18(2)36-27(3,4)5)30-25(33)21-13-9-19(10-14-21)7-8-20-11-15-22(16-12-20)29-23(32)17-28/h9-16,18,24H,6,17H2,1-5H3,(H,29,32)(H,30,33)(H,31,34)/t18-,24+/m1/s1. The molecule has 0 radical (unpaired) electrons. The van der Waals surface area contributed by atoms with E-state index in [2.05, 4.69) is 43.9 Å². The summed E-state index contributed by atoms with van der Waals surface area (Å²) in [5.74, 6) is 5.05. The summed E-state index contributed by atoms with van der Waals surface area (Å²) in [6.07, 6.45) is -0.598. The van der Waals surface area contributed by atoms with Gasteiger partial charge < -0.3 is 15.4 Å². The van der Waals surface area contributed by atoms with Crippen LogP contribution in [0.5, 0.6) is 0 Å². The van der Waals surface area contributed by atoms with Crippen molar-refractivity contribution in [3.05, 3.63) is 65.2 Å². The van der Waals surface area contributed by atoms with Crippen LogP contribution in [0.4, 0.5) is 5.69 Å². The number of carbonyl (C=O) groups is 3. The fourth-order valence-electron chi connectivity index (χ4n) is 3.13. The maximum absolute atomic E-state index is 12.9. The first-order valence-corrected chi connectivity index (χ1v) is 12.6. The molecule has 0 heterocycles. The minimum Gasteiger partial charge on any atom is -0.370 e. The number of amides is 3. The van der Waals surface area contributed by atoms with Crippen molar-refractivity contribution in [2.75, 3.05) is 17.3 Å². The fourth-order valence-corrected chi connectivity index (χ4v) is 3.27. The van der Waals surface area contributed by atoms with E-state index < -0.39 is 29.6 Å². The van der Waals surface area contributed by atoms with Crippen molar-refractivity contribution in [1.29, 1.82) is 0 Å². The number of hydroxylamine groups is 1. The van der Waals surface area contributed by atoms with E-state index in [9.17, 15) is 14.4 Å². The Hall–Kier alpha value is -3.19. The molecule has 0 saturated carbocycles. The normalized spacial score (nSPS) is 12.5. The Balaban J connectivity index is 2.08. The van der Waals surface area contributed by atoms with E-state index in [0.29, 0.717) is 17.9 Å². The molecule has 9 heteroatoms. The second-order valence-electron chi connectivity index (χ2n) is 8.87. The van der Waals surface area contributed by atoms with E-state index in [0.717, 1.165) is 11.1 Å². The number of halogens is 1. The molecule has 8 nitrogen and oxygen atoms in total. The Morgan fingerprint density at radius 3 is 2.03 bits per heavy atom. The monoisotopic (exact) mass is 557 g/mol. The summed E-state index contributed by atoms with van der Waals surface area (Å²) < 4.78 is 5.89. The summed E-state index contributed by atoms with van der Waals surface area (Å²) in [5.41, 5.74) is 4.41. The molecular formula is C27H32BrN3O5. The summed E-state index contributed by atoms with van der Waals surface area (Å²) >= 11 is 3.11. The van der Waals surface area contributed by atoms with E-state index in [1.807, 2.05) is 32.9 Å². The van der Waals surface area contributed by atoms with Crippen molar-refractivity contribution < 1.29 is 24.0 Å². The summed E-state index contributed by atoms with van der Waals surface area (Å²) in [4.78, 5) is 41.9. The van der Waals surface area contributed by atoms with Crippen LogP contribution in [0.1, 0.15) is 56.1 Å². The van der Waals surface area contributed by atoms with Gasteiger partial charge in [0, 0.05) is 22.4 Å². The van der Waals surface area contributed by atoms with Crippen LogP contribution in [0.3, 0.4) is 0 Å². The molecule has 2 aromatic rings. The molecule has 192 valence electrons. The molecular weight excluding hydrogens is 526 g/mol. The molecule has 2 aromatic carbocycles. The summed E-state index contributed by atoms with van der Waals surface area (Å²) in [6.45, 7) is 9.39. The lowest BCUT2D eigenvalue weighted by Crippen LogP contribution is -2.54. The molecule has 0 unspecified atom stereocenters. The molecule has 0 fully saturated rings. The first-order valence-electron chi connectivity index (χ1n) is 11.5. The number of rotatable bonds is 9. The van der Waals surface area contributed by atoms with Crippen LogP contribution in [-0.4, -0.2) is 47.4 Å². The van der Waals surface area contributed by atoms with Gasteiger partial charge in [0.1, 0.15) is 6.04 Å². The quantitative estimate of drug-likeness (QED) is 0.247. The highest BCUT2D eigenvalue weighted by Crippen LogP contribution is 2.14. The van der Waals surface area contributed by atoms with Gasteiger partial charge in [0.25, 0.3) is 11.8 Å². The Labute approximate surface area is 220 Å². The van der Waals surface area contributed by atoms with Gasteiger partial charge in [-0.2, -0.15) is 0 Å². The first-order chi connectivity index (χ1) is 17.0. The number of anilines is 1. The van der Waals surface area contributed by atoms with Crippen molar-refractivity contribution >= 4 is 39.3 Å². The van der Waals surface area contributed by atoms with E-state index in [1.54, 1.807) is 50.2 Å².